The van der Waals surface area contributed by atoms with Crippen molar-refractivity contribution in [1.82, 2.24) is 10.2 Å². The van der Waals surface area contributed by atoms with Crippen molar-refractivity contribution in [3.8, 4) is 5.75 Å². The van der Waals surface area contributed by atoms with Crippen molar-refractivity contribution in [3.63, 3.8) is 0 Å². The Hall–Kier alpha value is -3.68. The van der Waals surface area contributed by atoms with Gasteiger partial charge in [0.25, 0.3) is 5.91 Å². The van der Waals surface area contributed by atoms with E-state index in [-0.39, 0.29) is 5.70 Å². The molecule has 1 fully saturated rings. The molecule has 0 aromatic heterocycles. The van der Waals surface area contributed by atoms with Gasteiger partial charge in [0, 0.05) is 5.69 Å². The molecule has 1 heterocycles. The Kier molecular flexibility index (Phi) is 5.69. The van der Waals surface area contributed by atoms with Gasteiger partial charge in [0.2, 0.25) is 5.91 Å². The first-order chi connectivity index (χ1) is 13.5. The lowest BCUT2D eigenvalue weighted by Gasteiger charge is -2.12. The third-order valence-electron chi connectivity index (χ3n) is 3.89. The summed E-state index contributed by atoms with van der Waals surface area (Å²) in [7, 11) is 0. The second kappa shape index (κ2) is 8.34. The van der Waals surface area contributed by atoms with Crippen molar-refractivity contribution in [2.75, 3.05) is 18.5 Å². The minimum absolute atomic E-state index is 0.0190. The number of nitrogens with one attached hydrogen (secondary N) is 2. The lowest BCUT2D eigenvalue weighted by atomic mass is 10.2. The fourth-order valence-electron chi connectivity index (χ4n) is 2.59. The molecule has 144 valence electrons. The molecule has 0 unspecified atom stereocenters. The first kappa shape index (κ1) is 19.1. The van der Waals surface area contributed by atoms with Crippen molar-refractivity contribution in [2.45, 2.75) is 6.92 Å². The predicted molar refractivity (Wildman–Crippen MR) is 101 cm³/mol. The van der Waals surface area contributed by atoms with Crippen LogP contribution in [0.2, 0.25) is 0 Å². The number of rotatable bonds is 6. The van der Waals surface area contributed by atoms with Crippen LogP contribution in [0.4, 0.5) is 14.9 Å². The van der Waals surface area contributed by atoms with Gasteiger partial charge >= 0.3 is 6.03 Å². The quantitative estimate of drug-likeness (QED) is 0.593. The molecule has 0 atom stereocenters. The molecule has 2 N–H and O–H groups in total. The normalized spacial score (nSPS) is 14.9. The Morgan fingerprint density at radius 1 is 1.14 bits per heavy atom. The number of anilines is 1. The number of carbonyl (C=O) groups excluding carboxylic acids is 3. The maximum Gasteiger partial charge on any atom is 0.329 e. The van der Waals surface area contributed by atoms with Crippen molar-refractivity contribution >= 4 is 29.6 Å². The van der Waals surface area contributed by atoms with Crippen molar-refractivity contribution < 1.29 is 23.5 Å². The number of benzene rings is 2. The average molecular weight is 383 g/mol. The standard InChI is InChI=1S/C20H18FN3O4/c1-2-28-16-9-7-15(8-10-16)22-18(25)12-24-19(26)17(23-20(24)27)11-13-3-5-14(21)6-4-13/h3-11H,2,12H2,1H3,(H,22,25)(H,23,27)/b17-11-. The van der Waals surface area contributed by atoms with Gasteiger partial charge < -0.3 is 15.4 Å². The molecule has 1 aliphatic heterocycles. The number of urea groups is 1. The molecule has 8 heteroatoms. The van der Waals surface area contributed by atoms with Crippen molar-refractivity contribution in [2.24, 2.45) is 0 Å². The van der Waals surface area contributed by atoms with E-state index in [1.165, 1.54) is 30.3 Å². The largest absolute Gasteiger partial charge is 0.494 e. The van der Waals surface area contributed by atoms with Gasteiger partial charge in [-0.15, -0.1) is 0 Å². The molecule has 2 aromatic carbocycles. The van der Waals surface area contributed by atoms with E-state index in [0.29, 0.717) is 23.6 Å². The molecular formula is C20H18FN3O4. The van der Waals surface area contributed by atoms with E-state index in [1.807, 2.05) is 6.92 Å². The van der Waals surface area contributed by atoms with Crippen LogP contribution in [0.5, 0.6) is 5.75 Å². The number of ether oxygens (including phenoxy) is 1. The van der Waals surface area contributed by atoms with Gasteiger partial charge in [-0.1, -0.05) is 12.1 Å². The van der Waals surface area contributed by atoms with E-state index in [2.05, 4.69) is 10.6 Å². The highest BCUT2D eigenvalue weighted by Crippen LogP contribution is 2.17. The fourth-order valence-corrected chi connectivity index (χ4v) is 2.59. The highest BCUT2D eigenvalue weighted by atomic mass is 19.1. The molecule has 1 saturated heterocycles. The van der Waals surface area contributed by atoms with Gasteiger partial charge in [-0.2, -0.15) is 0 Å². The van der Waals surface area contributed by atoms with Crippen molar-refractivity contribution in [1.29, 1.82) is 0 Å². The van der Waals surface area contributed by atoms with Crippen LogP contribution < -0.4 is 15.4 Å². The Morgan fingerprint density at radius 2 is 1.82 bits per heavy atom. The molecular weight excluding hydrogens is 365 g/mol. The number of amides is 4. The van der Waals surface area contributed by atoms with E-state index < -0.39 is 30.2 Å². The minimum Gasteiger partial charge on any atom is -0.494 e. The maximum absolute atomic E-state index is 13.0. The highest BCUT2D eigenvalue weighted by molar-refractivity contribution is 6.15. The molecule has 1 aliphatic rings. The number of hydrogen-bond acceptors (Lipinski definition) is 4. The van der Waals surface area contributed by atoms with Gasteiger partial charge in [0.1, 0.15) is 23.8 Å². The van der Waals surface area contributed by atoms with Crippen LogP contribution in [0.3, 0.4) is 0 Å². The first-order valence-electron chi connectivity index (χ1n) is 8.59. The Balaban J connectivity index is 1.63. The number of halogens is 1. The summed E-state index contributed by atoms with van der Waals surface area (Å²) in [5.74, 6) is -0.881. The van der Waals surface area contributed by atoms with E-state index in [0.717, 1.165) is 4.90 Å². The molecule has 28 heavy (non-hydrogen) atoms. The molecule has 4 amide bonds. The average Bonchev–Trinajstić information content (AvgIpc) is 2.93. The van der Waals surface area contributed by atoms with Crippen LogP contribution in [0.25, 0.3) is 6.08 Å². The summed E-state index contributed by atoms with van der Waals surface area (Å²) in [6.07, 6.45) is 1.42. The highest BCUT2D eigenvalue weighted by Gasteiger charge is 2.34. The molecule has 0 bridgehead atoms. The fraction of sp³-hybridized carbons (Fsp3) is 0.150. The summed E-state index contributed by atoms with van der Waals surface area (Å²) in [6.45, 7) is 1.97. The minimum atomic E-state index is -0.694. The Morgan fingerprint density at radius 3 is 2.46 bits per heavy atom. The second-order valence-corrected chi connectivity index (χ2v) is 5.94. The molecule has 2 aromatic rings. The zero-order valence-corrected chi connectivity index (χ0v) is 15.1. The molecule has 0 saturated carbocycles. The topological polar surface area (TPSA) is 87.7 Å². The van der Waals surface area contributed by atoms with E-state index >= 15 is 0 Å². The van der Waals surface area contributed by atoms with Crippen LogP contribution in [-0.4, -0.2) is 35.9 Å². The summed E-state index contributed by atoms with van der Waals surface area (Å²) in [4.78, 5) is 37.4. The van der Waals surface area contributed by atoms with E-state index in [9.17, 15) is 18.8 Å². The van der Waals surface area contributed by atoms with Gasteiger partial charge in [0.15, 0.2) is 0 Å². The van der Waals surface area contributed by atoms with Crippen LogP contribution in [-0.2, 0) is 9.59 Å². The maximum atomic E-state index is 13.0. The molecule has 3 rings (SSSR count). The summed E-state index contributed by atoms with van der Waals surface area (Å²) in [5.41, 5.74) is 1.08. The lowest BCUT2D eigenvalue weighted by Crippen LogP contribution is -2.38. The summed E-state index contributed by atoms with van der Waals surface area (Å²) >= 11 is 0. The van der Waals surface area contributed by atoms with Gasteiger partial charge in [-0.05, 0) is 55.0 Å². The van der Waals surface area contributed by atoms with E-state index in [1.54, 1.807) is 24.3 Å². The Labute approximate surface area is 160 Å². The Bertz CT molecular complexity index is 923. The van der Waals surface area contributed by atoms with Crippen LogP contribution in [0, 0.1) is 5.82 Å². The van der Waals surface area contributed by atoms with Crippen molar-refractivity contribution in [3.05, 3.63) is 65.6 Å². The van der Waals surface area contributed by atoms with Gasteiger partial charge in [-0.25, -0.2) is 14.1 Å². The second-order valence-electron chi connectivity index (χ2n) is 5.94. The van der Waals surface area contributed by atoms with E-state index in [4.69, 9.17) is 4.74 Å². The molecule has 0 aliphatic carbocycles. The number of nitrogens with zero attached hydrogens (tertiary/aromatic N) is 1. The SMILES string of the molecule is CCOc1ccc(NC(=O)CN2C(=O)N/C(=C\c3ccc(F)cc3)C2=O)cc1. The third-order valence-corrected chi connectivity index (χ3v) is 3.89. The molecule has 0 spiro atoms. The predicted octanol–water partition coefficient (Wildman–Crippen LogP) is 2.76. The summed E-state index contributed by atoms with van der Waals surface area (Å²) in [6, 6.07) is 11.5. The van der Waals surface area contributed by atoms with Crippen LogP contribution in [0.15, 0.2) is 54.2 Å². The third kappa shape index (κ3) is 4.53. The number of hydrogen-bond donors (Lipinski definition) is 2. The van der Waals surface area contributed by atoms with Crippen LogP contribution >= 0.6 is 0 Å². The first-order valence-corrected chi connectivity index (χ1v) is 8.59. The van der Waals surface area contributed by atoms with Gasteiger partial charge in [-0.3, -0.25) is 9.59 Å². The number of imide groups is 1. The molecule has 7 nitrogen and oxygen atoms in total. The monoisotopic (exact) mass is 383 g/mol. The zero-order valence-electron chi connectivity index (χ0n) is 15.1. The van der Waals surface area contributed by atoms with Crippen LogP contribution in [0.1, 0.15) is 12.5 Å². The van der Waals surface area contributed by atoms with Gasteiger partial charge in [0.05, 0.1) is 6.61 Å². The lowest BCUT2D eigenvalue weighted by molar-refractivity contribution is -0.127. The summed E-state index contributed by atoms with van der Waals surface area (Å²) < 4.78 is 18.3. The molecule has 0 radical (unpaired) electrons. The number of carbonyl (C=O) groups is 3. The summed E-state index contributed by atoms with van der Waals surface area (Å²) in [5, 5.41) is 5.04. The smallest absolute Gasteiger partial charge is 0.329 e. The zero-order chi connectivity index (χ0) is 20.1.